The first-order chi connectivity index (χ1) is 9.53. The third-order valence-corrected chi connectivity index (χ3v) is 4.52. The lowest BCUT2D eigenvalue weighted by Crippen LogP contribution is -2.50. The number of pyridine rings is 1. The molecule has 1 N–H and O–H groups in total. The van der Waals surface area contributed by atoms with Gasteiger partial charge in [0.25, 0.3) is 0 Å². The lowest BCUT2D eigenvalue weighted by Gasteiger charge is -2.38. The van der Waals surface area contributed by atoms with Crippen molar-refractivity contribution >= 4 is 27.2 Å². The maximum atomic E-state index is 9.90. The predicted octanol–water partition coefficient (Wildman–Crippen LogP) is 2.19. The largest absolute Gasteiger partial charge is 0.389 e. The van der Waals surface area contributed by atoms with E-state index in [-0.39, 0.29) is 0 Å². The van der Waals surface area contributed by atoms with Crippen LogP contribution in [0.15, 0.2) is 23.7 Å². The molecular formula is C15H21N3OS. The molecule has 0 amide bonds. The smallest absolute Gasteiger partial charge is 0.137 e. The Morgan fingerprint density at radius 1 is 1.25 bits per heavy atom. The summed E-state index contributed by atoms with van der Waals surface area (Å²) in [6.45, 7) is 8.37. The van der Waals surface area contributed by atoms with E-state index in [9.17, 15) is 5.11 Å². The molecular weight excluding hydrogens is 270 g/mol. The molecule has 0 saturated carbocycles. The van der Waals surface area contributed by atoms with Gasteiger partial charge in [-0.2, -0.15) is 0 Å². The Morgan fingerprint density at radius 2 is 2.00 bits per heavy atom. The quantitative estimate of drug-likeness (QED) is 0.941. The molecule has 0 radical (unpaired) electrons. The fourth-order valence-electron chi connectivity index (χ4n) is 2.80. The van der Waals surface area contributed by atoms with Gasteiger partial charge in [-0.05, 0) is 31.4 Å². The summed E-state index contributed by atoms with van der Waals surface area (Å²) in [4.78, 5) is 9.25. The van der Waals surface area contributed by atoms with Gasteiger partial charge < -0.3 is 10.0 Å². The molecule has 0 bridgehead atoms. The van der Waals surface area contributed by atoms with Gasteiger partial charge in [0.1, 0.15) is 5.82 Å². The third-order valence-electron chi connectivity index (χ3n) is 3.64. The van der Waals surface area contributed by atoms with Crippen LogP contribution in [0.2, 0.25) is 0 Å². The third kappa shape index (κ3) is 2.95. The van der Waals surface area contributed by atoms with Gasteiger partial charge in [0.2, 0.25) is 0 Å². The van der Waals surface area contributed by atoms with Crippen LogP contribution >= 0.6 is 11.3 Å². The number of rotatable bonds is 3. The van der Waals surface area contributed by atoms with E-state index >= 15 is 0 Å². The molecule has 3 rings (SSSR count). The number of fused-ring (bicyclic) bond motifs is 1. The summed E-state index contributed by atoms with van der Waals surface area (Å²) >= 11 is 1.76. The average molecular weight is 291 g/mol. The number of piperazine rings is 1. The molecule has 3 heterocycles. The van der Waals surface area contributed by atoms with Crippen LogP contribution in [0.1, 0.15) is 13.8 Å². The van der Waals surface area contributed by atoms with Crippen LogP contribution in [0.5, 0.6) is 0 Å². The second-order valence-electron chi connectivity index (χ2n) is 6.04. The highest BCUT2D eigenvalue weighted by Crippen LogP contribution is 2.29. The van der Waals surface area contributed by atoms with Gasteiger partial charge in [-0.3, -0.25) is 4.90 Å². The monoisotopic (exact) mass is 291 g/mol. The molecule has 0 aromatic carbocycles. The van der Waals surface area contributed by atoms with Gasteiger partial charge in [0, 0.05) is 49.0 Å². The number of β-amino-alcohol motifs (C(OH)–C–C–N with tert-alkyl or cyclic N) is 1. The molecule has 0 atom stereocenters. The van der Waals surface area contributed by atoms with Gasteiger partial charge in [-0.25, -0.2) is 4.98 Å². The van der Waals surface area contributed by atoms with Crippen molar-refractivity contribution in [3.63, 3.8) is 0 Å². The highest BCUT2D eigenvalue weighted by atomic mass is 32.1. The molecule has 0 unspecified atom stereocenters. The minimum absolute atomic E-state index is 0.617. The Labute approximate surface area is 123 Å². The maximum absolute atomic E-state index is 9.90. The zero-order valence-corrected chi connectivity index (χ0v) is 12.9. The highest BCUT2D eigenvalue weighted by Gasteiger charge is 2.24. The molecule has 20 heavy (non-hydrogen) atoms. The molecule has 0 spiro atoms. The van der Waals surface area contributed by atoms with E-state index in [0.717, 1.165) is 38.5 Å². The fraction of sp³-hybridized carbons (Fsp3) is 0.533. The SMILES string of the molecule is CC(C)(O)CN1CCN(c2nccc3sccc23)CC1. The molecule has 5 heteroatoms. The van der Waals surface area contributed by atoms with Gasteiger partial charge in [-0.15, -0.1) is 11.3 Å². The Balaban J connectivity index is 1.71. The summed E-state index contributed by atoms with van der Waals surface area (Å²) in [6.07, 6.45) is 1.90. The number of thiophene rings is 1. The molecule has 108 valence electrons. The molecule has 2 aromatic rings. The molecule has 1 saturated heterocycles. The molecule has 1 aliphatic rings. The van der Waals surface area contributed by atoms with Gasteiger partial charge >= 0.3 is 0 Å². The standard InChI is InChI=1S/C15H21N3OS/c1-15(2,19)11-17-6-8-18(9-7-17)14-12-4-10-20-13(12)3-5-16-14/h3-5,10,19H,6-9,11H2,1-2H3. The van der Waals surface area contributed by atoms with Crippen LogP contribution in [0.3, 0.4) is 0 Å². The van der Waals surface area contributed by atoms with Crippen molar-refractivity contribution < 1.29 is 5.11 Å². The topological polar surface area (TPSA) is 39.6 Å². The van der Waals surface area contributed by atoms with Crippen LogP contribution in [-0.2, 0) is 0 Å². The summed E-state index contributed by atoms with van der Waals surface area (Å²) in [5.41, 5.74) is -0.617. The number of hydrogen-bond donors (Lipinski definition) is 1. The maximum Gasteiger partial charge on any atom is 0.137 e. The first kappa shape index (κ1) is 13.8. The van der Waals surface area contributed by atoms with Crippen LogP contribution in [-0.4, -0.2) is 53.3 Å². The van der Waals surface area contributed by atoms with Crippen molar-refractivity contribution in [2.45, 2.75) is 19.4 Å². The number of nitrogens with zero attached hydrogens (tertiary/aromatic N) is 3. The Morgan fingerprint density at radius 3 is 2.70 bits per heavy atom. The van der Waals surface area contributed by atoms with Crippen molar-refractivity contribution in [1.82, 2.24) is 9.88 Å². The lowest BCUT2D eigenvalue weighted by molar-refractivity contribution is 0.0345. The molecule has 1 fully saturated rings. The number of aromatic nitrogens is 1. The molecule has 0 aliphatic carbocycles. The van der Waals surface area contributed by atoms with Crippen molar-refractivity contribution in [2.75, 3.05) is 37.6 Å². The van der Waals surface area contributed by atoms with Crippen molar-refractivity contribution in [3.8, 4) is 0 Å². The number of hydrogen-bond acceptors (Lipinski definition) is 5. The van der Waals surface area contributed by atoms with Gasteiger partial charge in [0.15, 0.2) is 0 Å². The van der Waals surface area contributed by atoms with E-state index in [0.29, 0.717) is 0 Å². The summed E-state index contributed by atoms with van der Waals surface area (Å²) in [5, 5.41) is 13.3. The van der Waals surface area contributed by atoms with Crippen LogP contribution in [0.4, 0.5) is 5.82 Å². The Kier molecular flexibility index (Phi) is 3.67. The summed E-state index contributed by atoms with van der Waals surface area (Å²) in [7, 11) is 0. The Hall–Kier alpha value is -1.17. The first-order valence-corrected chi connectivity index (χ1v) is 7.93. The lowest BCUT2D eigenvalue weighted by atomic mass is 10.1. The number of aliphatic hydroxyl groups is 1. The second kappa shape index (κ2) is 5.31. The van der Waals surface area contributed by atoms with Crippen molar-refractivity contribution in [3.05, 3.63) is 23.7 Å². The van der Waals surface area contributed by atoms with Crippen LogP contribution in [0, 0.1) is 0 Å². The minimum atomic E-state index is -0.617. The van der Waals surface area contributed by atoms with E-state index in [1.54, 1.807) is 11.3 Å². The van der Waals surface area contributed by atoms with E-state index in [4.69, 9.17) is 0 Å². The zero-order chi connectivity index (χ0) is 14.2. The minimum Gasteiger partial charge on any atom is -0.389 e. The fourth-order valence-corrected chi connectivity index (χ4v) is 3.57. The van der Waals surface area contributed by atoms with E-state index in [1.165, 1.54) is 10.1 Å². The normalized spacial score (nSPS) is 17.9. The Bertz CT molecular complexity index is 582. The second-order valence-corrected chi connectivity index (χ2v) is 6.99. The highest BCUT2D eigenvalue weighted by molar-refractivity contribution is 7.17. The van der Waals surface area contributed by atoms with Crippen molar-refractivity contribution in [2.24, 2.45) is 0 Å². The summed E-state index contributed by atoms with van der Waals surface area (Å²) in [6, 6.07) is 4.24. The summed E-state index contributed by atoms with van der Waals surface area (Å²) < 4.78 is 1.30. The van der Waals surface area contributed by atoms with Gasteiger partial charge in [0.05, 0.1) is 5.60 Å². The van der Waals surface area contributed by atoms with Crippen molar-refractivity contribution in [1.29, 1.82) is 0 Å². The van der Waals surface area contributed by atoms with Crippen LogP contribution < -0.4 is 4.90 Å². The van der Waals surface area contributed by atoms with E-state index in [2.05, 4.69) is 32.3 Å². The first-order valence-electron chi connectivity index (χ1n) is 7.05. The number of anilines is 1. The predicted molar refractivity (Wildman–Crippen MR) is 84.6 cm³/mol. The summed E-state index contributed by atoms with van der Waals surface area (Å²) in [5.74, 6) is 1.10. The average Bonchev–Trinajstić information content (AvgIpc) is 2.86. The molecule has 2 aromatic heterocycles. The molecule has 1 aliphatic heterocycles. The van der Waals surface area contributed by atoms with E-state index in [1.807, 2.05) is 20.0 Å². The molecule has 4 nitrogen and oxygen atoms in total. The zero-order valence-electron chi connectivity index (χ0n) is 12.0. The van der Waals surface area contributed by atoms with E-state index < -0.39 is 5.60 Å². The van der Waals surface area contributed by atoms with Crippen LogP contribution in [0.25, 0.3) is 10.1 Å². The van der Waals surface area contributed by atoms with Gasteiger partial charge in [-0.1, -0.05) is 0 Å².